The van der Waals surface area contributed by atoms with Gasteiger partial charge < -0.3 is 4.74 Å². The van der Waals surface area contributed by atoms with E-state index in [1.54, 1.807) is 11.8 Å². The number of ether oxygens (including phenoxy) is 1. The van der Waals surface area contributed by atoms with Crippen LogP contribution in [0.4, 0.5) is 0 Å². The molecule has 0 bridgehead atoms. The summed E-state index contributed by atoms with van der Waals surface area (Å²) in [5, 5.41) is 10.1. The molecular weight excluding hydrogens is 212 g/mol. The van der Waals surface area contributed by atoms with Gasteiger partial charge in [0.1, 0.15) is 5.75 Å². The molecule has 1 aromatic carbocycles. The summed E-state index contributed by atoms with van der Waals surface area (Å²) in [7, 11) is 1.64. The molecule has 0 fully saturated rings. The smallest absolute Gasteiger partial charge is 0.242 e. The minimum absolute atomic E-state index is 0.406. The van der Waals surface area contributed by atoms with E-state index in [1.165, 1.54) is 0 Å². The Morgan fingerprint density at radius 2 is 2.27 bits per heavy atom. The Bertz CT molecular complexity index is 531. The maximum atomic E-state index is 5.12. The van der Waals surface area contributed by atoms with Crippen molar-refractivity contribution in [2.75, 3.05) is 7.11 Å². The lowest BCUT2D eigenvalue weighted by atomic mass is 10.2. The Labute approximate surface area is 91.7 Å². The lowest BCUT2D eigenvalue weighted by molar-refractivity contribution is 0.414. The van der Waals surface area contributed by atoms with Crippen molar-refractivity contribution >= 4 is 12.2 Å². The highest BCUT2D eigenvalue weighted by Gasteiger charge is 2.04. The average molecular weight is 222 g/mol. The van der Waals surface area contributed by atoms with Crippen molar-refractivity contribution in [2.45, 2.75) is 6.92 Å². The van der Waals surface area contributed by atoms with Crippen LogP contribution in [0, 0.1) is 11.7 Å². The molecule has 0 aliphatic heterocycles. The second-order valence-corrected chi connectivity index (χ2v) is 3.44. The van der Waals surface area contributed by atoms with Crippen LogP contribution in [-0.4, -0.2) is 27.3 Å². The van der Waals surface area contributed by atoms with Crippen molar-refractivity contribution in [1.82, 2.24) is 20.2 Å². The van der Waals surface area contributed by atoms with Gasteiger partial charge in [-0.15, -0.1) is 0 Å². The average Bonchev–Trinajstić information content (AvgIpc) is 2.64. The van der Waals surface area contributed by atoms with Crippen LogP contribution < -0.4 is 4.74 Å². The zero-order valence-corrected chi connectivity index (χ0v) is 9.21. The molecule has 0 unspecified atom stereocenters. The Morgan fingerprint density at radius 1 is 1.47 bits per heavy atom. The Morgan fingerprint density at radius 3 is 2.80 bits per heavy atom. The van der Waals surface area contributed by atoms with E-state index in [0.29, 0.717) is 4.77 Å². The molecular formula is C9H10N4OS. The Balaban J connectivity index is 2.55. The van der Waals surface area contributed by atoms with Crippen molar-refractivity contribution < 1.29 is 4.74 Å². The molecule has 0 aliphatic rings. The number of rotatable bonds is 2. The lowest BCUT2D eigenvalue weighted by Crippen LogP contribution is -1.99. The topological polar surface area (TPSA) is 55.7 Å². The van der Waals surface area contributed by atoms with Gasteiger partial charge in [0.2, 0.25) is 4.77 Å². The summed E-state index contributed by atoms with van der Waals surface area (Å²) in [4.78, 5) is 0. The van der Waals surface area contributed by atoms with E-state index in [0.717, 1.165) is 17.0 Å². The Kier molecular flexibility index (Phi) is 2.51. The molecule has 6 heteroatoms. The van der Waals surface area contributed by atoms with Crippen LogP contribution in [0.25, 0.3) is 5.69 Å². The predicted molar refractivity (Wildman–Crippen MR) is 57.8 cm³/mol. The number of nitrogens with one attached hydrogen (secondary N) is 1. The van der Waals surface area contributed by atoms with E-state index in [9.17, 15) is 0 Å². The van der Waals surface area contributed by atoms with E-state index in [1.807, 2.05) is 25.1 Å². The van der Waals surface area contributed by atoms with Gasteiger partial charge in [-0.25, -0.2) is 4.68 Å². The van der Waals surface area contributed by atoms with Gasteiger partial charge >= 0.3 is 0 Å². The third kappa shape index (κ3) is 1.75. The third-order valence-corrected chi connectivity index (χ3v) is 2.38. The molecule has 1 N–H and O–H groups in total. The van der Waals surface area contributed by atoms with E-state index in [4.69, 9.17) is 17.0 Å². The summed E-state index contributed by atoms with van der Waals surface area (Å²) in [6.45, 7) is 1.97. The first kappa shape index (κ1) is 9.85. The summed E-state index contributed by atoms with van der Waals surface area (Å²) in [5.74, 6) is 0.815. The van der Waals surface area contributed by atoms with Crippen LogP contribution in [-0.2, 0) is 0 Å². The predicted octanol–water partition coefficient (Wildman–Crippen LogP) is 1.64. The number of aromatic amines is 1. The number of aromatic nitrogens is 4. The third-order valence-electron chi connectivity index (χ3n) is 2.12. The molecule has 1 aromatic heterocycles. The van der Waals surface area contributed by atoms with Crippen molar-refractivity contribution in [3.63, 3.8) is 0 Å². The van der Waals surface area contributed by atoms with Gasteiger partial charge in [-0.05, 0) is 42.9 Å². The first-order chi connectivity index (χ1) is 7.22. The van der Waals surface area contributed by atoms with Crippen LogP contribution in [0.1, 0.15) is 5.56 Å². The van der Waals surface area contributed by atoms with Crippen molar-refractivity contribution in [3.8, 4) is 11.4 Å². The fourth-order valence-electron chi connectivity index (χ4n) is 1.36. The number of benzene rings is 1. The number of hydrogen-bond acceptors (Lipinski definition) is 4. The molecule has 2 aromatic rings. The van der Waals surface area contributed by atoms with Gasteiger partial charge in [-0.3, -0.25) is 0 Å². The zero-order valence-electron chi connectivity index (χ0n) is 8.39. The second kappa shape index (κ2) is 3.82. The second-order valence-electron chi connectivity index (χ2n) is 3.07. The molecule has 15 heavy (non-hydrogen) atoms. The van der Waals surface area contributed by atoms with Crippen LogP contribution in [0.5, 0.6) is 5.75 Å². The van der Waals surface area contributed by atoms with Gasteiger partial charge in [0.05, 0.1) is 12.8 Å². The van der Waals surface area contributed by atoms with Gasteiger partial charge in [-0.1, -0.05) is 10.3 Å². The highest BCUT2D eigenvalue weighted by atomic mass is 32.1. The summed E-state index contributed by atoms with van der Waals surface area (Å²) in [6, 6.07) is 5.70. The fourth-order valence-corrected chi connectivity index (χ4v) is 1.54. The first-order valence-corrected chi connectivity index (χ1v) is 4.78. The lowest BCUT2D eigenvalue weighted by Gasteiger charge is -2.07. The van der Waals surface area contributed by atoms with Crippen LogP contribution in [0.2, 0.25) is 0 Å². The minimum atomic E-state index is 0.406. The molecule has 0 amide bonds. The largest absolute Gasteiger partial charge is 0.497 e. The zero-order chi connectivity index (χ0) is 10.8. The highest BCUT2D eigenvalue weighted by molar-refractivity contribution is 7.71. The molecule has 0 radical (unpaired) electrons. The van der Waals surface area contributed by atoms with E-state index >= 15 is 0 Å². The number of H-pyrrole nitrogens is 1. The highest BCUT2D eigenvalue weighted by Crippen LogP contribution is 2.19. The SMILES string of the molecule is COc1ccc(-n2[nH]nnc2=S)c(C)c1. The summed E-state index contributed by atoms with van der Waals surface area (Å²) in [6.07, 6.45) is 0. The van der Waals surface area contributed by atoms with Gasteiger partial charge in [0.25, 0.3) is 0 Å². The molecule has 0 atom stereocenters. The number of aryl methyl sites for hydroxylation is 1. The summed E-state index contributed by atoms with van der Waals surface area (Å²) < 4.78 is 7.17. The monoisotopic (exact) mass is 222 g/mol. The first-order valence-electron chi connectivity index (χ1n) is 4.37. The molecule has 0 spiro atoms. The maximum absolute atomic E-state index is 5.12. The molecule has 0 aliphatic carbocycles. The summed E-state index contributed by atoms with van der Waals surface area (Å²) >= 11 is 5.02. The molecule has 0 saturated carbocycles. The molecule has 5 nitrogen and oxygen atoms in total. The van der Waals surface area contributed by atoms with Gasteiger partial charge in [-0.2, -0.15) is 5.21 Å². The molecule has 1 heterocycles. The van der Waals surface area contributed by atoms with Crippen LogP contribution in [0.15, 0.2) is 18.2 Å². The number of nitrogens with zero attached hydrogens (tertiary/aromatic N) is 3. The normalized spacial score (nSPS) is 10.3. The van der Waals surface area contributed by atoms with E-state index in [-0.39, 0.29) is 0 Å². The molecule has 78 valence electrons. The number of tetrazole rings is 1. The van der Waals surface area contributed by atoms with Crippen molar-refractivity contribution in [3.05, 3.63) is 28.5 Å². The van der Waals surface area contributed by atoms with E-state index < -0.39 is 0 Å². The van der Waals surface area contributed by atoms with Crippen molar-refractivity contribution in [2.24, 2.45) is 0 Å². The number of methoxy groups -OCH3 is 1. The summed E-state index contributed by atoms with van der Waals surface area (Å²) in [5.41, 5.74) is 1.96. The quantitative estimate of drug-likeness (QED) is 0.785. The van der Waals surface area contributed by atoms with Crippen LogP contribution in [0.3, 0.4) is 0 Å². The molecule has 2 rings (SSSR count). The maximum Gasteiger partial charge on any atom is 0.242 e. The standard InChI is InChI=1S/C9H10N4OS/c1-6-5-7(14-2)3-4-8(6)13-9(15)10-11-12-13/h3-5H,1-2H3,(H,10,12,15). The van der Waals surface area contributed by atoms with Crippen molar-refractivity contribution in [1.29, 1.82) is 0 Å². The van der Waals surface area contributed by atoms with Gasteiger partial charge in [0.15, 0.2) is 0 Å². The molecule has 0 saturated heterocycles. The Hall–Kier alpha value is -1.69. The fraction of sp³-hybridized carbons (Fsp3) is 0.222. The van der Waals surface area contributed by atoms with Gasteiger partial charge in [0, 0.05) is 0 Å². The number of hydrogen-bond donors (Lipinski definition) is 1. The van der Waals surface area contributed by atoms with Crippen LogP contribution >= 0.6 is 12.2 Å². The van der Waals surface area contributed by atoms with E-state index in [2.05, 4.69) is 15.5 Å². The minimum Gasteiger partial charge on any atom is -0.497 e.